The van der Waals surface area contributed by atoms with Gasteiger partial charge in [0.1, 0.15) is 0 Å². The zero-order valence-electron chi connectivity index (χ0n) is 10.4. The van der Waals surface area contributed by atoms with E-state index in [2.05, 4.69) is 13.8 Å². The van der Waals surface area contributed by atoms with Gasteiger partial charge in [0, 0.05) is 0 Å². The quantitative estimate of drug-likeness (QED) is 0.715. The molecule has 0 aromatic heterocycles. The van der Waals surface area contributed by atoms with Crippen LogP contribution in [0.1, 0.15) is 27.2 Å². The van der Waals surface area contributed by atoms with Gasteiger partial charge in [-0.25, -0.2) is 0 Å². The van der Waals surface area contributed by atoms with Crippen LogP contribution < -0.4 is 0 Å². The van der Waals surface area contributed by atoms with Crippen LogP contribution >= 0.6 is 0 Å². The van der Waals surface area contributed by atoms with Crippen molar-refractivity contribution >= 4 is 5.97 Å². The minimum absolute atomic E-state index is 0.113. The van der Waals surface area contributed by atoms with E-state index >= 15 is 0 Å². The van der Waals surface area contributed by atoms with Crippen LogP contribution in [0.2, 0.25) is 2.92 Å². The van der Waals surface area contributed by atoms with Crippen LogP contribution in [0.5, 0.6) is 0 Å². The maximum absolute atomic E-state index is 11.3. The first-order valence-corrected chi connectivity index (χ1v) is 8.32. The first-order valence-electron chi connectivity index (χ1n) is 5.57. The van der Waals surface area contributed by atoms with Crippen LogP contribution in [0.4, 0.5) is 0 Å². The van der Waals surface area contributed by atoms with Gasteiger partial charge in [0.2, 0.25) is 0 Å². The molecule has 0 aromatic rings. The first-order chi connectivity index (χ1) is 7.30. The number of aliphatic carboxylic acids is 1. The monoisotopic (exact) mass is 417 g/mol. The molecule has 0 spiro atoms. The summed E-state index contributed by atoms with van der Waals surface area (Å²) in [6, 6.07) is 0. The number of hydrogen-bond acceptors (Lipinski definition) is 3. The van der Waals surface area contributed by atoms with Gasteiger partial charge >= 0.3 is 113 Å². The SMILES string of the molecule is COC1O[C@H]([C@](C)([Hg+])C(=O)O)[C@@H](C)C[C@H]1C. The third-order valence-electron chi connectivity index (χ3n) is 3.35. The fourth-order valence-electron chi connectivity index (χ4n) is 2.42. The number of methoxy groups -OCH3 is 1. The van der Waals surface area contributed by atoms with Crippen LogP contribution in [-0.4, -0.2) is 30.6 Å². The zero-order chi connectivity index (χ0) is 12.5. The second-order valence-electron chi connectivity index (χ2n) is 5.07. The Balaban J connectivity index is 2.84. The Bertz CT molecular complexity index is 267. The van der Waals surface area contributed by atoms with E-state index in [1.807, 2.05) is 0 Å². The van der Waals surface area contributed by atoms with Crippen molar-refractivity contribution in [2.24, 2.45) is 11.8 Å². The molecule has 5 atom stereocenters. The molecule has 1 saturated heterocycles. The first kappa shape index (κ1) is 14.4. The van der Waals surface area contributed by atoms with E-state index in [1.54, 1.807) is 14.0 Å². The Kier molecular flexibility index (Phi) is 4.78. The molecule has 1 aliphatic rings. The molecule has 1 aliphatic heterocycles. The van der Waals surface area contributed by atoms with E-state index in [-0.39, 0.29) is 44.4 Å². The molecule has 1 N–H and O–H groups in total. The summed E-state index contributed by atoms with van der Waals surface area (Å²) in [7, 11) is 1.62. The van der Waals surface area contributed by atoms with Gasteiger partial charge in [-0.3, -0.25) is 0 Å². The van der Waals surface area contributed by atoms with Crippen molar-refractivity contribution in [2.75, 3.05) is 7.11 Å². The second-order valence-corrected chi connectivity index (χ2v) is 10.8. The third kappa shape index (κ3) is 2.77. The predicted molar refractivity (Wildman–Crippen MR) is 54.6 cm³/mol. The van der Waals surface area contributed by atoms with Gasteiger partial charge in [0.25, 0.3) is 0 Å². The number of carboxylic acids is 1. The van der Waals surface area contributed by atoms with Gasteiger partial charge in [-0.15, -0.1) is 0 Å². The molecule has 0 aliphatic carbocycles. The summed E-state index contributed by atoms with van der Waals surface area (Å²) in [5.41, 5.74) is 0. The van der Waals surface area contributed by atoms with Crippen molar-refractivity contribution in [3.8, 4) is 0 Å². The number of ether oxygens (including phenoxy) is 2. The molecule has 1 fully saturated rings. The van der Waals surface area contributed by atoms with Gasteiger partial charge < -0.3 is 0 Å². The Labute approximate surface area is 113 Å². The average Bonchev–Trinajstić information content (AvgIpc) is 2.17. The fourth-order valence-corrected chi connectivity index (χ4v) is 4.36. The second kappa shape index (κ2) is 5.31. The topological polar surface area (TPSA) is 55.8 Å². The summed E-state index contributed by atoms with van der Waals surface area (Å²) in [5, 5.41) is 9.26. The van der Waals surface area contributed by atoms with E-state index in [9.17, 15) is 9.90 Å². The van der Waals surface area contributed by atoms with E-state index in [1.165, 1.54) is 0 Å². The van der Waals surface area contributed by atoms with Crippen LogP contribution in [-0.2, 0) is 40.4 Å². The number of rotatable bonds is 3. The van der Waals surface area contributed by atoms with Gasteiger partial charge in [0.05, 0.1) is 0 Å². The number of carbonyl (C=O) groups is 1. The Morgan fingerprint density at radius 2 is 2.06 bits per heavy atom. The Morgan fingerprint density at radius 3 is 2.50 bits per heavy atom. The molecule has 0 saturated carbocycles. The summed E-state index contributed by atoms with van der Waals surface area (Å²) in [5.74, 6) is -0.133. The molecular formula is C11H19HgO4+. The molecule has 0 amide bonds. The van der Waals surface area contributed by atoms with E-state index in [0.717, 1.165) is 6.42 Å². The van der Waals surface area contributed by atoms with Gasteiger partial charge in [0.15, 0.2) is 0 Å². The fraction of sp³-hybridized carbons (Fsp3) is 0.909. The van der Waals surface area contributed by atoms with Crippen molar-refractivity contribution in [1.29, 1.82) is 0 Å². The summed E-state index contributed by atoms with van der Waals surface area (Å²) in [6.45, 7) is 5.94. The van der Waals surface area contributed by atoms with Crippen LogP contribution in [0.3, 0.4) is 0 Å². The minimum atomic E-state index is -0.739. The van der Waals surface area contributed by atoms with Crippen molar-refractivity contribution in [3.63, 3.8) is 0 Å². The van der Waals surface area contributed by atoms with E-state index in [0.29, 0.717) is 5.92 Å². The zero-order valence-corrected chi connectivity index (χ0v) is 15.9. The molecule has 4 nitrogen and oxygen atoms in total. The average molecular weight is 416 g/mol. The molecule has 0 bridgehead atoms. The van der Waals surface area contributed by atoms with Crippen molar-refractivity contribution in [3.05, 3.63) is 0 Å². The summed E-state index contributed by atoms with van der Waals surface area (Å²) in [6.07, 6.45) is 0.487. The molecule has 16 heavy (non-hydrogen) atoms. The summed E-state index contributed by atoms with van der Waals surface area (Å²) < 4.78 is 10.4. The van der Waals surface area contributed by atoms with Gasteiger partial charge in [-0.05, 0) is 0 Å². The van der Waals surface area contributed by atoms with Crippen molar-refractivity contribution in [2.45, 2.75) is 42.5 Å². The van der Waals surface area contributed by atoms with E-state index < -0.39 is 8.89 Å². The molecule has 5 heteroatoms. The molecule has 1 heterocycles. The van der Waals surface area contributed by atoms with Gasteiger partial charge in [-0.1, -0.05) is 0 Å². The maximum atomic E-state index is 11.3. The number of carboxylic acid groups (broad SMARTS) is 1. The Morgan fingerprint density at radius 1 is 1.50 bits per heavy atom. The Hall–Kier alpha value is 0.325. The number of hydrogen-bond donors (Lipinski definition) is 1. The molecular weight excluding hydrogens is 397 g/mol. The molecule has 88 valence electrons. The normalized spacial score (nSPS) is 39.1. The molecule has 1 unspecified atom stereocenters. The summed E-state index contributed by atoms with van der Waals surface area (Å²) in [4.78, 5) is 11.3. The molecule has 1 rings (SSSR count). The summed E-state index contributed by atoms with van der Waals surface area (Å²) >= 11 is 0.113. The van der Waals surface area contributed by atoms with Crippen molar-refractivity contribution < 1.29 is 45.5 Å². The molecule has 0 radical (unpaired) electrons. The third-order valence-corrected chi connectivity index (χ3v) is 6.09. The molecule has 0 aromatic carbocycles. The van der Waals surface area contributed by atoms with Crippen LogP contribution in [0.25, 0.3) is 0 Å². The predicted octanol–water partition coefficient (Wildman–Crippen LogP) is 1.83. The standard InChI is InChI=1S/C11H19O4.Hg/c1-6-5-7(2)11(14-4)15-9(6)8(3)10(12)13;/h6-7,9,11H,5H2,1-4H3,(H,12,13);/q;+1/t6-,7+,9-,11?;/m0./s1. The van der Waals surface area contributed by atoms with Crippen LogP contribution in [0.15, 0.2) is 0 Å². The van der Waals surface area contributed by atoms with Crippen molar-refractivity contribution in [1.82, 2.24) is 0 Å². The van der Waals surface area contributed by atoms with E-state index in [4.69, 9.17) is 9.47 Å². The van der Waals surface area contributed by atoms with Gasteiger partial charge in [-0.2, -0.15) is 0 Å². The van der Waals surface area contributed by atoms with Crippen LogP contribution in [0, 0.1) is 11.8 Å².